The van der Waals surface area contributed by atoms with E-state index in [1.165, 1.54) is 6.33 Å². The third kappa shape index (κ3) is 4.36. The molecule has 2 unspecified atom stereocenters. The number of hydrogen-bond acceptors (Lipinski definition) is 9. The molecule has 2 aromatic heterocycles. The predicted octanol–water partition coefficient (Wildman–Crippen LogP) is 2.02. The highest BCUT2D eigenvalue weighted by molar-refractivity contribution is 6.30. The molecular formula is C22H26ClN5O5. The summed E-state index contributed by atoms with van der Waals surface area (Å²) in [6.07, 6.45) is -0.609. The summed E-state index contributed by atoms with van der Waals surface area (Å²) in [4.78, 5) is 13.3. The molecule has 2 aliphatic rings. The van der Waals surface area contributed by atoms with Crippen LogP contribution in [0.2, 0.25) is 5.02 Å². The lowest BCUT2D eigenvalue weighted by atomic mass is 10.1. The van der Waals surface area contributed by atoms with Crippen LogP contribution in [0.15, 0.2) is 30.6 Å². The average Bonchev–Trinajstić information content (AvgIpc) is 3.45. The molecule has 176 valence electrons. The maximum Gasteiger partial charge on any atom is 0.245 e. The van der Waals surface area contributed by atoms with Crippen LogP contribution in [0, 0.1) is 0 Å². The number of benzene rings is 1. The Morgan fingerprint density at radius 1 is 1.15 bits per heavy atom. The molecule has 0 bridgehead atoms. The van der Waals surface area contributed by atoms with Crippen molar-refractivity contribution < 1.29 is 24.8 Å². The second-order valence-electron chi connectivity index (χ2n) is 8.59. The Labute approximate surface area is 195 Å². The molecule has 1 aliphatic heterocycles. The van der Waals surface area contributed by atoms with Crippen LogP contribution < -0.4 is 10.1 Å². The zero-order valence-electron chi connectivity index (χ0n) is 18.0. The summed E-state index contributed by atoms with van der Waals surface area (Å²) in [5.41, 5.74) is 1.72. The van der Waals surface area contributed by atoms with Gasteiger partial charge in [0.05, 0.1) is 12.2 Å². The van der Waals surface area contributed by atoms with Crippen LogP contribution in [0.3, 0.4) is 0 Å². The summed E-state index contributed by atoms with van der Waals surface area (Å²) in [7, 11) is 0. The fourth-order valence-corrected chi connectivity index (χ4v) is 4.51. The number of aliphatic hydroxyl groups excluding tert-OH is 3. The first-order valence-corrected chi connectivity index (χ1v) is 11.3. The highest BCUT2D eigenvalue weighted by atomic mass is 35.5. The fourth-order valence-electron chi connectivity index (χ4n) is 4.38. The van der Waals surface area contributed by atoms with Crippen LogP contribution in [-0.4, -0.2) is 65.3 Å². The number of anilines is 1. The van der Waals surface area contributed by atoms with E-state index in [-0.39, 0.29) is 24.6 Å². The van der Waals surface area contributed by atoms with Crippen LogP contribution in [0.4, 0.5) is 5.95 Å². The molecule has 1 aliphatic carbocycles. The lowest BCUT2D eigenvalue weighted by Gasteiger charge is -2.21. The third-order valence-corrected chi connectivity index (χ3v) is 6.45. The second-order valence-corrected chi connectivity index (χ2v) is 9.03. The van der Waals surface area contributed by atoms with Gasteiger partial charge in [-0.05, 0) is 43.9 Å². The Balaban J connectivity index is 1.51. The molecule has 1 saturated heterocycles. The lowest BCUT2D eigenvalue weighted by molar-refractivity contribution is -0.0287. The van der Waals surface area contributed by atoms with E-state index in [1.807, 2.05) is 12.1 Å². The van der Waals surface area contributed by atoms with Crippen LogP contribution in [-0.2, 0) is 11.3 Å². The number of rotatable bonds is 6. The number of aromatic nitrogens is 4. The fraction of sp³-hybridized carbons (Fsp3) is 0.500. The van der Waals surface area contributed by atoms with Crippen molar-refractivity contribution >= 4 is 28.7 Å². The Kier molecular flexibility index (Phi) is 6.11. The number of nitrogens with zero attached hydrogens (tertiary/aromatic N) is 4. The molecule has 0 spiro atoms. The minimum atomic E-state index is -1.17. The highest BCUT2D eigenvalue weighted by Gasteiger charge is 2.43. The van der Waals surface area contributed by atoms with E-state index < -0.39 is 24.5 Å². The van der Waals surface area contributed by atoms with Crippen molar-refractivity contribution in [2.45, 2.75) is 69.5 Å². The minimum Gasteiger partial charge on any atom is -0.471 e. The predicted molar refractivity (Wildman–Crippen MR) is 120 cm³/mol. The van der Waals surface area contributed by atoms with E-state index in [1.54, 1.807) is 23.6 Å². The maximum atomic E-state index is 10.7. The van der Waals surface area contributed by atoms with Gasteiger partial charge < -0.3 is 30.1 Å². The SMILES string of the molecule is C[C@H]1O[C@@H](n2c(NC3CCC(O)C3)nc3c(OCc4ccc(Cl)cc4)ncnc32)[C@H](O)[C@@H]1O. The monoisotopic (exact) mass is 475 g/mol. The summed E-state index contributed by atoms with van der Waals surface area (Å²) < 4.78 is 13.4. The molecule has 1 aromatic carbocycles. The van der Waals surface area contributed by atoms with E-state index in [4.69, 9.17) is 21.1 Å². The van der Waals surface area contributed by atoms with Crippen LogP contribution in [0.1, 0.15) is 38.0 Å². The van der Waals surface area contributed by atoms with Crippen LogP contribution in [0.25, 0.3) is 11.2 Å². The molecule has 3 heterocycles. The van der Waals surface area contributed by atoms with Crippen molar-refractivity contribution in [1.29, 1.82) is 0 Å². The number of fused-ring (bicyclic) bond motifs is 1. The van der Waals surface area contributed by atoms with Gasteiger partial charge in [0.25, 0.3) is 0 Å². The summed E-state index contributed by atoms with van der Waals surface area (Å²) in [5, 5.41) is 34.8. The van der Waals surface area contributed by atoms with Gasteiger partial charge in [-0.1, -0.05) is 23.7 Å². The van der Waals surface area contributed by atoms with Crippen molar-refractivity contribution in [3.63, 3.8) is 0 Å². The molecular weight excluding hydrogens is 450 g/mol. The smallest absolute Gasteiger partial charge is 0.245 e. The molecule has 4 N–H and O–H groups in total. The van der Waals surface area contributed by atoms with Gasteiger partial charge in [-0.3, -0.25) is 4.57 Å². The largest absolute Gasteiger partial charge is 0.471 e. The van der Waals surface area contributed by atoms with Gasteiger partial charge in [0.15, 0.2) is 17.4 Å². The maximum absolute atomic E-state index is 10.7. The van der Waals surface area contributed by atoms with E-state index in [0.717, 1.165) is 12.0 Å². The van der Waals surface area contributed by atoms with Crippen LogP contribution in [0.5, 0.6) is 5.88 Å². The zero-order valence-corrected chi connectivity index (χ0v) is 18.8. The van der Waals surface area contributed by atoms with Crippen molar-refractivity contribution in [3.05, 3.63) is 41.2 Å². The van der Waals surface area contributed by atoms with Gasteiger partial charge >= 0.3 is 0 Å². The first-order chi connectivity index (χ1) is 15.9. The van der Waals surface area contributed by atoms with Gasteiger partial charge in [-0.15, -0.1) is 0 Å². The first-order valence-electron chi connectivity index (χ1n) is 11.0. The molecule has 1 saturated carbocycles. The molecule has 2 fully saturated rings. The van der Waals surface area contributed by atoms with E-state index in [2.05, 4.69) is 20.3 Å². The number of aliphatic hydroxyl groups is 3. The molecule has 33 heavy (non-hydrogen) atoms. The van der Waals surface area contributed by atoms with Crippen molar-refractivity contribution in [2.24, 2.45) is 0 Å². The third-order valence-electron chi connectivity index (χ3n) is 6.20. The summed E-state index contributed by atoms with van der Waals surface area (Å²) in [5.74, 6) is 0.690. The van der Waals surface area contributed by atoms with Crippen LogP contribution >= 0.6 is 11.6 Å². The molecule has 0 amide bonds. The van der Waals surface area contributed by atoms with Gasteiger partial charge in [0.1, 0.15) is 25.1 Å². The average molecular weight is 476 g/mol. The van der Waals surface area contributed by atoms with E-state index in [9.17, 15) is 15.3 Å². The van der Waals surface area contributed by atoms with Gasteiger partial charge in [-0.25, -0.2) is 9.97 Å². The van der Waals surface area contributed by atoms with Crippen molar-refractivity contribution in [3.8, 4) is 5.88 Å². The standard InChI is InChI=1S/C22H26ClN5O5/c1-11-17(30)18(31)21(33-11)28-19-16(27-22(28)26-14-6-7-15(29)8-14)20(25-10-24-19)32-9-12-2-4-13(23)5-3-12/h2-5,10-11,14-15,17-18,21,29-31H,6-9H2,1H3,(H,26,27)/t11-,14?,15?,17-,18-,21-/m1/s1. The van der Waals surface area contributed by atoms with E-state index in [0.29, 0.717) is 35.0 Å². The summed E-state index contributed by atoms with van der Waals surface area (Å²) >= 11 is 5.95. The summed E-state index contributed by atoms with van der Waals surface area (Å²) in [6, 6.07) is 7.30. The quantitative estimate of drug-likeness (QED) is 0.422. The second kappa shape index (κ2) is 9.03. The number of ether oxygens (including phenoxy) is 2. The topological polar surface area (TPSA) is 135 Å². The van der Waals surface area contributed by atoms with Crippen molar-refractivity contribution in [1.82, 2.24) is 19.5 Å². The molecule has 10 nitrogen and oxygen atoms in total. The van der Waals surface area contributed by atoms with Gasteiger partial charge in [0, 0.05) is 11.1 Å². The number of hydrogen-bond donors (Lipinski definition) is 4. The number of halogens is 1. The Bertz CT molecular complexity index is 1130. The molecule has 5 rings (SSSR count). The number of nitrogens with one attached hydrogen (secondary N) is 1. The Morgan fingerprint density at radius 2 is 1.94 bits per heavy atom. The minimum absolute atomic E-state index is 0.00264. The van der Waals surface area contributed by atoms with Gasteiger partial charge in [-0.2, -0.15) is 4.98 Å². The normalized spacial score (nSPS) is 29.6. The van der Waals surface area contributed by atoms with Crippen molar-refractivity contribution in [2.75, 3.05) is 5.32 Å². The number of imidazole rings is 1. The molecule has 6 atom stereocenters. The summed E-state index contributed by atoms with van der Waals surface area (Å²) in [6.45, 7) is 1.95. The van der Waals surface area contributed by atoms with E-state index >= 15 is 0 Å². The zero-order chi connectivity index (χ0) is 23.1. The van der Waals surface area contributed by atoms with Gasteiger partial charge in [0.2, 0.25) is 11.8 Å². The first kappa shape index (κ1) is 22.3. The Morgan fingerprint density at radius 3 is 2.61 bits per heavy atom. The molecule has 0 radical (unpaired) electrons. The molecule has 3 aromatic rings. The lowest BCUT2D eigenvalue weighted by Crippen LogP contribution is -2.31. The highest BCUT2D eigenvalue weighted by Crippen LogP contribution is 2.37. The Hall–Kier alpha value is -2.50. The molecule has 11 heteroatoms.